The predicted molar refractivity (Wildman–Crippen MR) is 73.5 cm³/mol. The van der Waals surface area contributed by atoms with Crippen LogP contribution in [-0.4, -0.2) is 11.9 Å². The number of fused-ring (bicyclic) bond motifs is 3. The van der Waals surface area contributed by atoms with E-state index in [2.05, 4.69) is 0 Å². The zero-order valence-electron chi connectivity index (χ0n) is 11.5. The number of ketones is 1. The highest BCUT2D eigenvalue weighted by atomic mass is 19.1. The largest absolute Gasteiger partial charge is 0.487 e. The summed E-state index contributed by atoms with van der Waals surface area (Å²) in [5, 5.41) is 0. The highest BCUT2D eigenvalue weighted by Crippen LogP contribution is 2.43. The van der Waals surface area contributed by atoms with Crippen molar-refractivity contribution in [1.82, 2.24) is 0 Å². The van der Waals surface area contributed by atoms with Crippen molar-refractivity contribution < 1.29 is 13.9 Å². The van der Waals surface area contributed by atoms with E-state index in [0.717, 1.165) is 30.2 Å². The van der Waals surface area contributed by atoms with Crippen molar-refractivity contribution in [1.29, 1.82) is 0 Å². The Morgan fingerprint density at radius 3 is 2.55 bits per heavy atom. The molecule has 2 fully saturated rings. The third-order valence-electron chi connectivity index (χ3n) is 5.22. The first-order valence-corrected chi connectivity index (χ1v) is 7.71. The SMILES string of the molecule is O=C1CCc2cc(F)c(OC3C[C@H]4CC[C@@H](C3)C4)cc21. The first-order chi connectivity index (χ1) is 9.69. The third kappa shape index (κ3) is 2.04. The number of benzene rings is 1. The summed E-state index contributed by atoms with van der Waals surface area (Å²) < 4.78 is 20.0. The van der Waals surface area contributed by atoms with Gasteiger partial charge >= 0.3 is 0 Å². The molecule has 4 rings (SSSR count). The fraction of sp³-hybridized carbons (Fsp3) is 0.588. The van der Waals surface area contributed by atoms with Gasteiger partial charge in [0.25, 0.3) is 0 Å². The second-order valence-corrected chi connectivity index (χ2v) is 6.62. The topological polar surface area (TPSA) is 26.3 Å². The smallest absolute Gasteiger partial charge is 0.165 e. The molecule has 20 heavy (non-hydrogen) atoms. The molecule has 3 heteroatoms. The monoisotopic (exact) mass is 274 g/mol. The van der Waals surface area contributed by atoms with Gasteiger partial charge in [-0.2, -0.15) is 0 Å². The molecule has 0 aromatic heterocycles. The van der Waals surface area contributed by atoms with Crippen LogP contribution in [0.1, 0.15) is 54.4 Å². The molecule has 1 aromatic rings. The number of halogens is 1. The summed E-state index contributed by atoms with van der Waals surface area (Å²) in [6.07, 6.45) is 7.31. The van der Waals surface area contributed by atoms with E-state index in [1.165, 1.54) is 25.3 Å². The highest BCUT2D eigenvalue weighted by Gasteiger charge is 2.35. The van der Waals surface area contributed by atoms with Crippen LogP contribution in [0.3, 0.4) is 0 Å². The fourth-order valence-corrected chi connectivity index (χ4v) is 4.26. The van der Waals surface area contributed by atoms with Gasteiger partial charge in [-0.1, -0.05) is 12.8 Å². The summed E-state index contributed by atoms with van der Waals surface area (Å²) in [4.78, 5) is 11.8. The molecule has 0 aliphatic heterocycles. The van der Waals surface area contributed by atoms with Crippen LogP contribution >= 0.6 is 0 Å². The molecule has 0 N–H and O–H groups in total. The minimum Gasteiger partial charge on any atom is -0.487 e. The van der Waals surface area contributed by atoms with Crippen molar-refractivity contribution >= 4 is 5.78 Å². The normalized spacial score (nSPS) is 31.4. The standard InChI is InChI=1S/C17H19FO2/c18-15-8-12-3-4-16(19)14(12)9-17(15)20-13-6-10-1-2-11(5-10)7-13/h8-11,13H,1-7H2/t10-,11+,13?. The quantitative estimate of drug-likeness (QED) is 0.817. The Bertz CT molecular complexity index is 554. The van der Waals surface area contributed by atoms with Crippen LogP contribution in [0.4, 0.5) is 4.39 Å². The minimum atomic E-state index is -0.309. The summed E-state index contributed by atoms with van der Waals surface area (Å²) in [7, 11) is 0. The molecule has 3 atom stereocenters. The van der Waals surface area contributed by atoms with E-state index >= 15 is 0 Å². The first-order valence-electron chi connectivity index (χ1n) is 7.71. The Morgan fingerprint density at radius 2 is 1.80 bits per heavy atom. The van der Waals surface area contributed by atoms with E-state index in [-0.39, 0.29) is 23.5 Å². The maximum absolute atomic E-state index is 14.1. The maximum atomic E-state index is 14.1. The van der Waals surface area contributed by atoms with Gasteiger partial charge in [0.15, 0.2) is 17.3 Å². The second-order valence-electron chi connectivity index (χ2n) is 6.62. The van der Waals surface area contributed by atoms with E-state index in [1.54, 1.807) is 6.07 Å². The molecule has 0 saturated heterocycles. The molecule has 0 radical (unpaired) electrons. The Morgan fingerprint density at radius 1 is 1.05 bits per heavy atom. The van der Waals surface area contributed by atoms with Crippen molar-refractivity contribution in [3.63, 3.8) is 0 Å². The van der Waals surface area contributed by atoms with Crippen molar-refractivity contribution in [3.05, 3.63) is 29.1 Å². The van der Waals surface area contributed by atoms with Gasteiger partial charge in [-0.3, -0.25) is 4.79 Å². The lowest BCUT2D eigenvalue weighted by atomic mass is 9.87. The Kier molecular flexibility index (Phi) is 2.83. The van der Waals surface area contributed by atoms with Gasteiger partial charge in [0.2, 0.25) is 0 Å². The predicted octanol–water partition coefficient (Wildman–Crippen LogP) is 3.91. The Balaban J connectivity index is 1.57. The molecule has 106 valence electrons. The number of carbonyl (C=O) groups is 1. The third-order valence-corrected chi connectivity index (χ3v) is 5.22. The Hall–Kier alpha value is -1.38. The molecule has 1 unspecified atom stereocenters. The van der Waals surface area contributed by atoms with E-state index in [0.29, 0.717) is 18.4 Å². The summed E-state index contributed by atoms with van der Waals surface area (Å²) in [6.45, 7) is 0. The zero-order valence-corrected chi connectivity index (χ0v) is 11.5. The van der Waals surface area contributed by atoms with Gasteiger partial charge in [-0.05, 0) is 55.2 Å². The molecule has 3 aliphatic rings. The van der Waals surface area contributed by atoms with E-state index in [9.17, 15) is 9.18 Å². The van der Waals surface area contributed by atoms with Gasteiger partial charge in [0.05, 0.1) is 6.10 Å². The molecule has 2 nitrogen and oxygen atoms in total. The molecule has 0 spiro atoms. The van der Waals surface area contributed by atoms with Crippen LogP contribution < -0.4 is 4.74 Å². The highest BCUT2D eigenvalue weighted by molar-refractivity contribution is 6.00. The van der Waals surface area contributed by atoms with Crippen LogP contribution in [0.15, 0.2) is 12.1 Å². The molecule has 0 amide bonds. The van der Waals surface area contributed by atoms with Crippen LogP contribution in [0.2, 0.25) is 0 Å². The van der Waals surface area contributed by atoms with Crippen LogP contribution in [0.5, 0.6) is 5.75 Å². The molecule has 0 heterocycles. The second kappa shape index (κ2) is 4.57. The lowest BCUT2D eigenvalue weighted by molar-refractivity contribution is 0.0990. The number of hydrogen-bond donors (Lipinski definition) is 0. The lowest BCUT2D eigenvalue weighted by Gasteiger charge is -2.28. The number of hydrogen-bond acceptors (Lipinski definition) is 2. The lowest BCUT2D eigenvalue weighted by Crippen LogP contribution is -2.26. The Labute approximate surface area is 118 Å². The van der Waals surface area contributed by atoms with Crippen molar-refractivity contribution in [2.45, 2.75) is 51.0 Å². The van der Waals surface area contributed by atoms with E-state index in [4.69, 9.17) is 4.74 Å². The molecule has 2 bridgehead atoms. The molecule has 3 aliphatic carbocycles. The number of aryl methyl sites for hydroxylation is 1. The van der Waals surface area contributed by atoms with Gasteiger partial charge in [-0.25, -0.2) is 4.39 Å². The van der Waals surface area contributed by atoms with E-state index in [1.807, 2.05) is 0 Å². The van der Waals surface area contributed by atoms with E-state index < -0.39 is 0 Å². The van der Waals surface area contributed by atoms with Crippen molar-refractivity contribution in [3.8, 4) is 5.75 Å². The molecular formula is C17H19FO2. The van der Waals surface area contributed by atoms with Crippen LogP contribution in [0.25, 0.3) is 0 Å². The molecule has 1 aromatic carbocycles. The minimum absolute atomic E-state index is 0.119. The number of rotatable bonds is 2. The number of ether oxygens (including phenoxy) is 1. The first kappa shape index (κ1) is 12.4. The van der Waals surface area contributed by atoms with Gasteiger partial charge in [0, 0.05) is 12.0 Å². The summed E-state index contributed by atoms with van der Waals surface area (Å²) in [5.41, 5.74) is 1.50. The average Bonchev–Trinajstić information content (AvgIpc) is 2.94. The van der Waals surface area contributed by atoms with Crippen molar-refractivity contribution in [2.24, 2.45) is 11.8 Å². The van der Waals surface area contributed by atoms with Gasteiger partial charge in [-0.15, -0.1) is 0 Å². The number of carbonyl (C=O) groups excluding carboxylic acids is 1. The summed E-state index contributed by atoms with van der Waals surface area (Å²) >= 11 is 0. The van der Waals surface area contributed by atoms with Crippen molar-refractivity contribution in [2.75, 3.05) is 0 Å². The summed E-state index contributed by atoms with van der Waals surface area (Å²) in [5.74, 6) is 1.62. The average molecular weight is 274 g/mol. The zero-order chi connectivity index (χ0) is 13.7. The molecular weight excluding hydrogens is 255 g/mol. The summed E-state index contributed by atoms with van der Waals surface area (Å²) in [6, 6.07) is 3.13. The van der Waals surface area contributed by atoms with Crippen LogP contribution in [0, 0.1) is 17.7 Å². The molecule has 2 saturated carbocycles. The van der Waals surface area contributed by atoms with Gasteiger partial charge < -0.3 is 4.74 Å². The van der Waals surface area contributed by atoms with Gasteiger partial charge in [0.1, 0.15) is 0 Å². The fourth-order valence-electron chi connectivity index (χ4n) is 4.26. The maximum Gasteiger partial charge on any atom is 0.165 e. The number of Topliss-reactive ketones (excluding diaryl/α,β-unsaturated/α-hetero) is 1. The van der Waals surface area contributed by atoms with Crippen LogP contribution in [-0.2, 0) is 6.42 Å².